The van der Waals surface area contributed by atoms with E-state index in [-0.39, 0.29) is 23.8 Å². The number of rotatable bonds is 4. The number of hydrogen-bond donors (Lipinski definition) is 2. The normalized spacial score (nSPS) is 11.5. The third-order valence-electron chi connectivity index (χ3n) is 2.60. The molecule has 0 radical (unpaired) electrons. The first-order valence-electron chi connectivity index (χ1n) is 5.84. The van der Waals surface area contributed by atoms with Crippen LogP contribution in [0.2, 0.25) is 0 Å². The van der Waals surface area contributed by atoms with Crippen LogP contribution in [0.4, 0.5) is 13.2 Å². The van der Waals surface area contributed by atoms with Crippen molar-refractivity contribution in [3.8, 4) is 5.75 Å². The minimum Gasteiger partial charge on any atom is -0.489 e. The summed E-state index contributed by atoms with van der Waals surface area (Å²) in [6.45, 7) is -0.133. The van der Waals surface area contributed by atoms with Gasteiger partial charge in [0.2, 0.25) is 0 Å². The monoisotopic (exact) mass is 296 g/mol. The molecule has 0 aliphatic rings. The van der Waals surface area contributed by atoms with Gasteiger partial charge in [-0.15, -0.1) is 0 Å². The average molecular weight is 296 g/mol. The van der Waals surface area contributed by atoms with Crippen molar-refractivity contribution in [1.82, 2.24) is 0 Å². The van der Waals surface area contributed by atoms with E-state index in [1.807, 2.05) is 0 Å². The molecule has 0 saturated carbocycles. The highest BCUT2D eigenvalue weighted by atomic mass is 19.1. The van der Waals surface area contributed by atoms with Crippen molar-refractivity contribution in [2.45, 2.75) is 6.61 Å². The molecule has 2 rings (SSSR count). The fourth-order valence-corrected chi connectivity index (χ4v) is 1.72. The van der Waals surface area contributed by atoms with E-state index in [1.54, 1.807) is 0 Å². The van der Waals surface area contributed by atoms with E-state index in [2.05, 4.69) is 5.16 Å². The van der Waals surface area contributed by atoms with E-state index < -0.39 is 17.5 Å². The van der Waals surface area contributed by atoms with Crippen LogP contribution >= 0.6 is 0 Å². The third kappa shape index (κ3) is 3.88. The number of benzene rings is 2. The minimum absolute atomic E-state index is 0.0258. The molecule has 0 atom stereocenters. The summed E-state index contributed by atoms with van der Waals surface area (Å²) in [6.07, 6.45) is 0. The van der Waals surface area contributed by atoms with Crippen molar-refractivity contribution in [2.24, 2.45) is 10.9 Å². The summed E-state index contributed by atoms with van der Waals surface area (Å²) in [5.74, 6) is -2.44. The summed E-state index contributed by atoms with van der Waals surface area (Å²) in [6, 6.07) is 6.42. The number of ether oxygens (including phenoxy) is 1. The topological polar surface area (TPSA) is 67.8 Å². The molecule has 3 N–H and O–H groups in total. The summed E-state index contributed by atoms with van der Waals surface area (Å²) in [7, 11) is 0. The van der Waals surface area contributed by atoms with Gasteiger partial charge in [0.1, 0.15) is 29.8 Å². The van der Waals surface area contributed by atoms with E-state index in [1.165, 1.54) is 12.1 Å². The molecule has 0 aliphatic carbocycles. The second-order valence-corrected chi connectivity index (χ2v) is 4.23. The molecule has 0 amide bonds. The Morgan fingerprint density at radius 1 is 1.00 bits per heavy atom. The Labute approximate surface area is 118 Å². The maximum Gasteiger partial charge on any atom is 0.170 e. The van der Waals surface area contributed by atoms with Gasteiger partial charge in [-0.1, -0.05) is 5.16 Å². The number of hydrogen-bond acceptors (Lipinski definition) is 3. The zero-order valence-electron chi connectivity index (χ0n) is 10.7. The van der Waals surface area contributed by atoms with Gasteiger partial charge in [-0.3, -0.25) is 0 Å². The summed E-state index contributed by atoms with van der Waals surface area (Å²) in [5, 5.41) is 11.3. The van der Waals surface area contributed by atoms with E-state index in [0.717, 1.165) is 18.2 Å². The van der Waals surface area contributed by atoms with Gasteiger partial charge in [0.25, 0.3) is 0 Å². The lowest BCUT2D eigenvalue weighted by Gasteiger charge is -2.08. The Morgan fingerprint density at radius 2 is 1.62 bits per heavy atom. The smallest absolute Gasteiger partial charge is 0.170 e. The Morgan fingerprint density at radius 3 is 2.24 bits per heavy atom. The molecule has 0 heterocycles. The number of nitrogens with two attached hydrogens (primary N) is 1. The molecule has 2 aromatic carbocycles. The fraction of sp³-hybridized carbons (Fsp3) is 0.0714. The van der Waals surface area contributed by atoms with Crippen molar-refractivity contribution in [3.63, 3.8) is 0 Å². The van der Waals surface area contributed by atoms with Crippen LogP contribution in [0.15, 0.2) is 41.6 Å². The lowest BCUT2D eigenvalue weighted by Crippen LogP contribution is -2.14. The predicted molar refractivity (Wildman–Crippen MR) is 69.6 cm³/mol. The first-order chi connectivity index (χ1) is 9.97. The van der Waals surface area contributed by atoms with E-state index in [4.69, 9.17) is 15.7 Å². The zero-order chi connectivity index (χ0) is 15.4. The summed E-state index contributed by atoms with van der Waals surface area (Å²) in [5.41, 5.74) is 5.90. The van der Waals surface area contributed by atoms with E-state index >= 15 is 0 Å². The van der Waals surface area contributed by atoms with Crippen LogP contribution in [0.3, 0.4) is 0 Å². The van der Waals surface area contributed by atoms with Gasteiger partial charge in [-0.05, 0) is 23.8 Å². The number of oxime groups is 1. The second kappa shape index (κ2) is 6.17. The van der Waals surface area contributed by atoms with Gasteiger partial charge in [0, 0.05) is 23.8 Å². The van der Waals surface area contributed by atoms with Gasteiger partial charge in [-0.25, -0.2) is 13.2 Å². The Hall–Kier alpha value is -2.70. The maximum absolute atomic E-state index is 13.4. The maximum atomic E-state index is 13.4. The molecule has 0 fully saturated rings. The first-order valence-corrected chi connectivity index (χ1v) is 5.84. The molecule has 0 spiro atoms. The van der Waals surface area contributed by atoms with Crippen LogP contribution in [0.1, 0.15) is 11.1 Å². The van der Waals surface area contributed by atoms with Crippen LogP contribution in [0, 0.1) is 17.5 Å². The Kier molecular flexibility index (Phi) is 4.32. The Balaban J connectivity index is 2.18. The lowest BCUT2D eigenvalue weighted by atomic mass is 10.1. The van der Waals surface area contributed by atoms with Crippen molar-refractivity contribution in [1.29, 1.82) is 0 Å². The van der Waals surface area contributed by atoms with Crippen LogP contribution in [-0.2, 0) is 6.61 Å². The van der Waals surface area contributed by atoms with Crippen molar-refractivity contribution >= 4 is 5.84 Å². The molecule has 0 saturated heterocycles. The third-order valence-corrected chi connectivity index (χ3v) is 2.60. The summed E-state index contributed by atoms with van der Waals surface area (Å²) >= 11 is 0. The fourth-order valence-electron chi connectivity index (χ4n) is 1.72. The predicted octanol–water partition coefficient (Wildman–Crippen LogP) is 2.78. The zero-order valence-corrected chi connectivity index (χ0v) is 10.7. The van der Waals surface area contributed by atoms with Gasteiger partial charge >= 0.3 is 0 Å². The highest BCUT2D eigenvalue weighted by molar-refractivity contribution is 5.97. The van der Waals surface area contributed by atoms with Crippen molar-refractivity contribution < 1.29 is 23.1 Å². The summed E-state index contributed by atoms with van der Waals surface area (Å²) < 4.78 is 44.6. The van der Waals surface area contributed by atoms with E-state index in [9.17, 15) is 13.2 Å². The van der Waals surface area contributed by atoms with Gasteiger partial charge < -0.3 is 15.7 Å². The molecule has 0 aliphatic heterocycles. The van der Waals surface area contributed by atoms with Crippen LogP contribution < -0.4 is 10.5 Å². The molecule has 0 aromatic heterocycles. The molecule has 4 nitrogen and oxygen atoms in total. The van der Waals surface area contributed by atoms with Crippen LogP contribution in [-0.4, -0.2) is 11.0 Å². The number of nitrogens with zero attached hydrogens (tertiary/aromatic N) is 1. The number of amidine groups is 1. The minimum atomic E-state index is -0.776. The highest BCUT2D eigenvalue weighted by Gasteiger charge is 2.07. The highest BCUT2D eigenvalue weighted by Crippen LogP contribution is 2.18. The second-order valence-electron chi connectivity index (χ2n) is 4.23. The standard InChI is InChI=1S/C14H11F3N2O2/c15-10-2-8(1-9(3-10)14(18)19-20)7-21-13-5-11(16)4-12(17)6-13/h1-6,20H,7H2,(H2,18,19). The summed E-state index contributed by atoms with van der Waals surface area (Å²) in [4.78, 5) is 0. The quantitative estimate of drug-likeness (QED) is 0.394. The van der Waals surface area contributed by atoms with Crippen molar-refractivity contribution in [3.05, 3.63) is 65.0 Å². The molecule has 110 valence electrons. The van der Waals surface area contributed by atoms with Crippen LogP contribution in [0.5, 0.6) is 5.75 Å². The molecule has 21 heavy (non-hydrogen) atoms. The van der Waals surface area contributed by atoms with Gasteiger partial charge in [0.05, 0.1) is 0 Å². The largest absolute Gasteiger partial charge is 0.489 e. The van der Waals surface area contributed by atoms with Crippen LogP contribution in [0.25, 0.3) is 0 Å². The van der Waals surface area contributed by atoms with E-state index in [0.29, 0.717) is 11.6 Å². The lowest BCUT2D eigenvalue weighted by molar-refractivity contribution is 0.302. The first kappa shape index (κ1) is 14.7. The molecule has 0 bridgehead atoms. The molecule has 0 unspecified atom stereocenters. The average Bonchev–Trinajstić information content (AvgIpc) is 2.42. The van der Waals surface area contributed by atoms with Crippen molar-refractivity contribution in [2.75, 3.05) is 0 Å². The SMILES string of the molecule is N/C(=N/O)c1cc(F)cc(COc2cc(F)cc(F)c2)c1. The molecule has 7 heteroatoms. The Bertz CT molecular complexity index is 670. The van der Waals surface area contributed by atoms with Gasteiger partial charge in [-0.2, -0.15) is 0 Å². The number of halogens is 3. The molecular formula is C14H11F3N2O2. The molecule has 2 aromatic rings. The van der Waals surface area contributed by atoms with Gasteiger partial charge in [0.15, 0.2) is 5.84 Å². The molecular weight excluding hydrogens is 285 g/mol.